The van der Waals surface area contributed by atoms with E-state index < -0.39 is 38.6 Å². The fourth-order valence-electron chi connectivity index (χ4n) is 2.58. The molecule has 3 nitrogen and oxygen atoms in total. The number of aromatic nitrogens is 1. The lowest BCUT2D eigenvalue weighted by molar-refractivity contribution is -0.139. The summed E-state index contributed by atoms with van der Waals surface area (Å²) in [4.78, 5) is -0.996. The van der Waals surface area contributed by atoms with Crippen molar-refractivity contribution in [3.8, 4) is 0 Å². The van der Waals surface area contributed by atoms with Crippen LogP contribution in [0, 0.1) is 0 Å². The predicted molar refractivity (Wildman–Crippen MR) is 80.9 cm³/mol. The SMILES string of the molecule is O=S(=O)(c1ccccc1C(F)(F)F)n1cc(C(F)F)c2ccccc21. The molecule has 0 aliphatic carbocycles. The van der Waals surface area contributed by atoms with Gasteiger partial charge in [0, 0.05) is 17.1 Å². The van der Waals surface area contributed by atoms with Crippen LogP contribution in [0.5, 0.6) is 0 Å². The Hall–Kier alpha value is -2.42. The Balaban J connectivity index is 2.33. The van der Waals surface area contributed by atoms with E-state index in [1.165, 1.54) is 24.3 Å². The Bertz CT molecular complexity index is 1040. The van der Waals surface area contributed by atoms with Gasteiger partial charge < -0.3 is 0 Å². The third-order valence-corrected chi connectivity index (χ3v) is 5.41. The molecule has 0 saturated heterocycles. The summed E-state index contributed by atoms with van der Waals surface area (Å²) in [7, 11) is -4.73. The number of halogens is 5. The predicted octanol–water partition coefficient (Wildman–Crippen LogP) is 4.83. The first-order valence-corrected chi connectivity index (χ1v) is 8.38. The van der Waals surface area contributed by atoms with Crippen molar-refractivity contribution in [1.29, 1.82) is 0 Å². The van der Waals surface area contributed by atoms with E-state index in [-0.39, 0.29) is 10.9 Å². The van der Waals surface area contributed by atoms with Crippen LogP contribution >= 0.6 is 0 Å². The van der Waals surface area contributed by atoms with Gasteiger partial charge in [0.2, 0.25) is 0 Å². The van der Waals surface area contributed by atoms with Gasteiger partial charge in [-0.1, -0.05) is 30.3 Å². The summed E-state index contributed by atoms with van der Waals surface area (Å²) in [5.41, 5.74) is -2.04. The maximum absolute atomic E-state index is 13.2. The summed E-state index contributed by atoms with van der Waals surface area (Å²) in [6.07, 6.45) is -7.21. The van der Waals surface area contributed by atoms with Crippen molar-refractivity contribution in [2.75, 3.05) is 0 Å². The van der Waals surface area contributed by atoms with Crippen molar-refractivity contribution in [3.05, 3.63) is 65.9 Å². The molecule has 9 heteroatoms. The molecular weight excluding hydrogens is 365 g/mol. The molecule has 0 fully saturated rings. The first-order valence-electron chi connectivity index (χ1n) is 6.94. The number of fused-ring (bicyclic) bond motifs is 1. The fourth-order valence-corrected chi connectivity index (χ4v) is 4.17. The van der Waals surface area contributed by atoms with Crippen LogP contribution < -0.4 is 0 Å². The monoisotopic (exact) mass is 375 g/mol. The molecule has 0 saturated carbocycles. The molecule has 0 aliphatic rings. The molecule has 3 aromatic rings. The second-order valence-corrected chi connectivity index (χ2v) is 6.98. The van der Waals surface area contributed by atoms with E-state index in [2.05, 4.69) is 0 Å². The molecule has 0 atom stereocenters. The molecule has 0 unspecified atom stereocenters. The lowest BCUT2D eigenvalue weighted by atomic mass is 10.2. The molecular formula is C16H10F5NO2S. The Labute approximate surface area is 139 Å². The number of nitrogens with zero attached hydrogens (tertiary/aromatic N) is 1. The van der Waals surface area contributed by atoms with Gasteiger partial charge in [0.25, 0.3) is 16.4 Å². The first-order chi connectivity index (χ1) is 11.6. The van der Waals surface area contributed by atoms with Crippen molar-refractivity contribution >= 4 is 20.9 Å². The van der Waals surface area contributed by atoms with Crippen LogP contribution in [-0.4, -0.2) is 12.4 Å². The van der Waals surface area contributed by atoms with Crippen LogP contribution in [0.15, 0.2) is 59.6 Å². The van der Waals surface area contributed by atoms with E-state index in [0.717, 1.165) is 18.2 Å². The zero-order valence-corrected chi connectivity index (χ0v) is 13.2. The number of rotatable bonds is 3. The summed E-state index contributed by atoms with van der Waals surface area (Å²) in [6, 6.07) is 9.03. The van der Waals surface area contributed by atoms with Crippen LogP contribution in [0.4, 0.5) is 22.0 Å². The number of benzene rings is 2. The van der Waals surface area contributed by atoms with E-state index in [0.29, 0.717) is 16.2 Å². The molecule has 1 aromatic heterocycles. The van der Waals surface area contributed by atoms with Crippen molar-refractivity contribution < 1.29 is 30.4 Å². The van der Waals surface area contributed by atoms with Gasteiger partial charge in [0.05, 0.1) is 11.1 Å². The molecule has 3 rings (SSSR count). The van der Waals surface area contributed by atoms with Crippen LogP contribution in [0.1, 0.15) is 17.6 Å². The second-order valence-electron chi connectivity index (χ2n) is 5.20. The van der Waals surface area contributed by atoms with Crippen LogP contribution in [-0.2, 0) is 16.2 Å². The number of alkyl halides is 5. The van der Waals surface area contributed by atoms with Crippen LogP contribution in [0.3, 0.4) is 0 Å². The maximum Gasteiger partial charge on any atom is 0.417 e. The molecule has 0 aliphatic heterocycles. The molecule has 0 N–H and O–H groups in total. The van der Waals surface area contributed by atoms with Gasteiger partial charge in [-0.2, -0.15) is 13.2 Å². The number of hydrogen-bond donors (Lipinski definition) is 0. The van der Waals surface area contributed by atoms with E-state index in [9.17, 15) is 30.4 Å². The Kier molecular flexibility index (Phi) is 4.06. The highest BCUT2D eigenvalue weighted by atomic mass is 32.2. The standard InChI is InChI=1S/C16H10F5NO2S/c17-15(18)11-9-22(13-7-3-1-5-10(11)13)25(23,24)14-8-4-2-6-12(14)16(19,20)21/h1-9,15H. The number of para-hydroxylation sites is 1. The second kappa shape index (κ2) is 5.83. The lowest BCUT2D eigenvalue weighted by Crippen LogP contribution is -2.18. The summed E-state index contributed by atoms with van der Waals surface area (Å²) in [5, 5.41) is -0.0365. The minimum absolute atomic E-state index is 0.0365. The van der Waals surface area contributed by atoms with Crippen molar-refractivity contribution in [3.63, 3.8) is 0 Å². The third-order valence-electron chi connectivity index (χ3n) is 3.67. The van der Waals surface area contributed by atoms with Crippen LogP contribution in [0.25, 0.3) is 10.9 Å². The fraction of sp³-hybridized carbons (Fsp3) is 0.125. The quantitative estimate of drug-likeness (QED) is 0.615. The van der Waals surface area contributed by atoms with Gasteiger partial charge >= 0.3 is 6.18 Å². The first kappa shape index (κ1) is 17.4. The third kappa shape index (κ3) is 2.88. The maximum atomic E-state index is 13.2. The molecule has 0 radical (unpaired) electrons. The van der Waals surface area contributed by atoms with Crippen molar-refractivity contribution in [2.45, 2.75) is 17.5 Å². The largest absolute Gasteiger partial charge is 0.417 e. The van der Waals surface area contributed by atoms with E-state index in [4.69, 9.17) is 0 Å². The smallest absolute Gasteiger partial charge is 0.241 e. The molecule has 0 spiro atoms. The summed E-state index contributed by atoms with van der Waals surface area (Å²) in [6.45, 7) is 0. The summed E-state index contributed by atoms with van der Waals surface area (Å²) in [5.74, 6) is 0. The molecule has 0 amide bonds. The zero-order valence-electron chi connectivity index (χ0n) is 12.3. The lowest BCUT2D eigenvalue weighted by Gasteiger charge is -2.14. The molecule has 1 heterocycles. The normalized spacial score (nSPS) is 12.9. The Morgan fingerprint density at radius 3 is 2.16 bits per heavy atom. The van der Waals surface area contributed by atoms with Crippen molar-refractivity contribution in [2.24, 2.45) is 0 Å². The van der Waals surface area contributed by atoms with Gasteiger partial charge in [-0.3, -0.25) is 0 Å². The van der Waals surface area contributed by atoms with Crippen molar-refractivity contribution in [1.82, 2.24) is 3.97 Å². The van der Waals surface area contributed by atoms with Crippen LogP contribution in [0.2, 0.25) is 0 Å². The highest BCUT2D eigenvalue weighted by molar-refractivity contribution is 7.90. The average Bonchev–Trinajstić information content (AvgIpc) is 2.94. The highest BCUT2D eigenvalue weighted by Gasteiger charge is 2.38. The average molecular weight is 375 g/mol. The minimum atomic E-state index is -4.90. The topological polar surface area (TPSA) is 39.1 Å². The van der Waals surface area contributed by atoms with Gasteiger partial charge in [-0.25, -0.2) is 21.2 Å². The summed E-state index contributed by atoms with van der Waals surface area (Å²) < 4.78 is 91.8. The molecule has 0 bridgehead atoms. The molecule has 2 aromatic carbocycles. The Morgan fingerprint density at radius 2 is 1.52 bits per heavy atom. The van der Waals surface area contributed by atoms with E-state index >= 15 is 0 Å². The van der Waals surface area contributed by atoms with Gasteiger partial charge in [-0.05, 0) is 18.2 Å². The number of hydrogen-bond acceptors (Lipinski definition) is 2. The zero-order chi connectivity index (χ0) is 18.4. The summed E-state index contributed by atoms with van der Waals surface area (Å²) >= 11 is 0. The highest BCUT2D eigenvalue weighted by Crippen LogP contribution is 2.37. The molecule has 25 heavy (non-hydrogen) atoms. The molecule has 132 valence electrons. The van der Waals surface area contributed by atoms with Gasteiger partial charge in [0.1, 0.15) is 4.90 Å². The Morgan fingerprint density at radius 1 is 0.920 bits per heavy atom. The van der Waals surface area contributed by atoms with E-state index in [1.807, 2.05) is 0 Å². The minimum Gasteiger partial charge on any atom is -0.241 e. The van der Waals surface area contributed by atoms with E-state index in [1.54, 1.807) is 0 Å². The van der Waals surface area contributed by atoms with Gasteiger partial charge in [0.15, 0.2) is 0 Å². The van der Waals surface area contributed by atoms with Gasteiger partial charge in [-0.15, -0.1) is 0 Å².